The number of pyridine rings is 1. The highest BCUT2D eigenvalue weighted by atomic mass is 32.2. The number of hydrogen-bond acceptors (Lipinski definition) is 5. The fraction of sp³-hybridized carbons (Fsp3) is 0.520. The van der Waals surface area contributed by atoms with Gasteiger partial charge < -0.3 is 15.5 Å². The molecule has 1 aromatic carbocycles. The predicted octanol–water partition coefficient (Wildman–Crippen LogP) is 4.16. The molecule has 1 saturated carbocycles. The second kappa shape index (κ2) is 11.0. The molecule has 4 rings (SSSR count). The minimum absolute atomic E-state index is 0.102. The molecule has 0 radical (unpaired) electrons. The van der Waals surface area contributed by atoms with E-state index in [1.54, 1.807) is 12.1 Å². The van der Waals surface area contributed by atoms with E-state index in [1.807, 2.05) is 13.8 Å². The Morgan fingerprint density at radius 1 is 1.03 bits per heavy atom. The number of hydrogen-bond donors (Lipinski definition) is 2. The van der Waals surface area contributed by atoms with Crippen LogP contribution in [0.25, 0.3) is 0 Å². The number of halogens is 3. The largest absolute Gasteiger partial charge is 0.416 e. The van der Waals surface area contributed by atoms with E-state index in [-0.39, 0.29) is 23.0 Å². The Kier molecular flexibility index (Phi) is 8.10. The molecule has 0 bridgehead atoms. The van der Waals surface area contributed by atoms with Gasteiger partial charge in [-0.3, -0.25) is 4.98 Å². The van der Waals surface area contributed by atoms with Gasteiger partial charge in [0.25, 0.3) is 0 Å². The van der Waals surface area contributed by atoms with Gasteiger partial charge in [0.15, 0.2) is 0 Å². The number of urea groups is 1. The lowest BCUT2D eigenvalue weighted by Gasteiger charge is -2.38. The molecule has 2 amide bonds. The number of carbonyl (C=O) groups is 1. The van der Waals surface area contributed by atoms with Crippen LogP contribution < -0.4 is 10.6 Å². The smallest absolute Gasteiger partial charge is 0.337 e. The summed E-state index contributed by atoms with van der Waals surface area (Å²) in [7, 11) is -3.90. The number of anilines is 1. The quantitative estimate of drug-likeness (QED) is 0.526. The maximum absolute atomic E-state index is 13.4. The van der Waals surface area contributed by atoms with Crippen LogP contribution >= 0.6 is 0 Å². The molecule has 37 heavy (non-hydrogen) atoms. The van der Waals surface area contributed by atoms with Crippen LogP contribution in [0.15, 0.2) is 41.3 Å². The van der Waals surface area contributed by atoms with Gasteiger partial charge in [-0.1, -0.05) is 0 Å². The van der Waals surface area contributed by atoms with Gasteiger partial charge in [0.2, 0.25) is 10.0 Å². The molecule has 2 heterocycles. The SMILES string of the molecule is Cc1cc(NC(=O)NCCN2CCC(N(C3CC3)S(=O)(=O)c3ccc(C(F)(F)F)cc3)CC2)cc(C)n1. The number of carbonyl (C=O) groups excluding carboxylic acids is 1. The number of aryl methyl sites for hydroxylation is 2. The summed E-state index contributed by atoms with van der Waals surface area (Å²) in [6.07, 6.45) is -1.75. The number of nitrogens with one attached hydrogen (secondary N) is 2. The van der Waals surface area contributed by atoms with Crippen LogP contribution in [0, 0.1) is 13.8 Å². The van der Waals surface area contributed by atoms with Gasteiger partial charge in [-0.05, 0) is 89.0 Å². The van der Waals surface area contributed by atoms with Crippen LogP contribution in [-0.4, -0.2) is 66.9 Å². The van der Waals surface area contributed by atoms with Gasteiger partial charge in [-0.25, -0.2) is 13.2 Å². The van der Waals surface area contributed by atoms with Gasteiger partial charge >= 0.3 is 12.2 Å². The van der Waals surface area contributed by atoms with Gasteiger partial charge in [-0.15, -0.1) is 0 Å². The Bertz CT molecular complexity index is 1190. The normalized spacial score (nSPS) is 17.7. The third kappa shape index (κ3) is 6.99. The number of amides is 2. The van der Waals surface area contributed by atoms with Crippen LogP contribution in [0.3, 0.4) is 0 Å². The second-order valence-corrected chi connectivity index (χ2v) is 11.5. The van der Waals surface area contributed by atoms with Gasteiger partial charge in [-0.2, -0.15) is 17.5 Å². The van der Waals surface area contributed by atoms with Crippen molar-refractivity contribution >= 4 is 21.7 Å². The summed E-state index contributed by atoms with van der Waals surface area (Å²) in [5, 5.41) is 5.64. The molecular weight excluding hydrogens is 507 g/mol. The first kappa shape index (κ1) is 27.3. The molecule has 0 atom stereocenters. The van der Waals surface area contributed by atoms with E-state index in [0.717, 1.165) is 48.5 Å². The van der Waals surface area contributed by atoms with Crippen molar-refractivity contribution < 1.29 is 26.4 Å². The highest BCUT2D eigenvalue weighted by molar-refractivity contribution is 7.89. The minimum Gasteiger partial charge on any atom is -0.337 e. The molecule has 2 fully saturated rings. The molecule has 1 saturated heterocycles. The van der Waals surface area contributed by atoms with Crippen molar-refractivity contribution in [1.29, 1.82) is 0 Å². The average molecular weight is 540 g/mol. The zero-order chi connectivity index (χ0) is 26.8. The molecule has 0 spiro atoms. The number of rotatable bonds is 8. The summed E-state index contributed by atoms with van der Waals surface area (Å²) < 4.78 is 67.0. The molecule has 12 heteroatoms. The van der Waals surface area contributed by atoms with Crippen molar-refractivity contribution in [3.05, 3.63) is 53.3 Å². The van der Waals surface area contributed by atoms with E-state index >= 15 is 0 Å². The van der Waals surface area contributed by atoms with Crippen molar-refractivity contribution in [2.24, 2.45) is 0 Å². The summed E-state index contributed by atoms with van der Waals surface area (Å²) >= 11 is 0. The Labute approximate surface area is 215 Å². The Morgan fingerprint density at radius 2 is 1.59 bits per heavy atom. The average Bonchev–Trinajstić information content (AvgIpc) is 3.64. The number of benzene rings is 1. The lowest BCUT2D eigenvalue weighted by Crippen LogP contribution is -2.49. The molecule has 0 unspecified atom stereocenters. The number of alkyl halides is 3. The lowest BCUT2D eigenvalue weighted by atomic mass is 10.0. The zero-order valence-electron chi connectivity index (χ0n) is 20.9. The first-order valence-corrected chi connectivity index (χ1v) is 13.8. The lowest BCUT2D eigenvalue weighted by molar-refractivity contribution is -0.137. The highest BCUT2D eigenvalue weighted by Crippen LogP contribution is 2.37. The van der Waals surface area contributed by atoms with Crippen LogP contribution in [0.2, 0.25) is 0 Å². The predicted molar refractivity (Wildman–Crippen MR) is 134 cm³/mol. The Balaban J connectivity index is 1.28. The van der Waals surface area contributed by atoms with E-state index in [1.165, 1.54) is 4.31 Å². The third-order valence-electron chi connectivity index (χ3n) is 6.63. The van der Waals surface area contributed by atoms with Crippen LogP contribution in [-0.2, 0) is 16.2 Å². The fourth-order valence-electron chi connectivity index (χ4n) is 4.76. The Hall–Kier alpha value is -2.70. The summed E-state index contributed by atoms with van der Waals surface area (Å²) in [5.74, 6) is 0. The van der Waals surface area contributed by atoms with Crippen molar-refractivity contribution in [3.8, 4) is 0 Å². The molecule has 2 aromatic rings. The van der Waals surface area contributed by atoms with E-state index in [0.29, 0.717) is 44.7 Å². The summed E-state index contributed by atoms with van der Waals surface area (Å²) in [6, 6.07) is 6.72. The molecular formula is C25H32F3N5O3S. The van der Waals surface area contributed by atoms with Crippen molar-refractivity contribution in [2.45, 2.75) is 62.7 Å². The van der Waals surface area contributed by atoms with Crippen molar-refractivity contribution in [2.75, 3.05) is 31.5 Å². The maximum Gasteiger partial charge on any atom is 0.416 e. The molecule has 202 valence electrons. The number of sulfonamides is 1. The number of likely N-dealkylation sites (tertiary alicyclic amines) is 1. The summed E-state index contributed by atoms with van der Waals surface area (Å²) in [5.41, 5.74) is 1.45. The monoisotopic (exact) mass is 539 g/mol. The number of nitrogens with zero attached hydrogens (tertiary/aromatic N) is 3. The van der Waals surface area contributed by atoms with Crippen molar-refractivity contribution in [1.82, 2.24) is 19.5 Å². The van der Waals surface area contributed by atoms with E-state index in [4.69, 9.17) is 0 Å². The first-order chi connectivity index (χ1) is 17.4. The highest BCUT2D eigenvalue weighted by Gasteiger charge is 2.43. The van der Waals surface area contributed by atoms with E-state index < -0.39 is 21.8 Å². The van der Waals surface area contributed by atoms with E-state index in [2.05, 4.69) is 20.5 Å². The van der Waals surface area contributed by atoms with Crippen molar-refractivity contribution in [3.63, 3.8) is 0 Å². The van der Waals surface area contributed by atoms with Crippen LogP contribution in [0.4, 0.5) is 23.7 Å². The fourth-order valence-corrected chi connectivity index (χ4v) is 6.69. The van der Waals surface area contributed by atoms with E-state index in [9.17, 15) is 26.4 Å². The Morgan fingerprint density at radius 3 is 2.14 bits per heavy atom. The molecule has 1 aliphatic heterocycles. The maximum atomic E-state index is 13.4. The molecule has 2 N–H and O–H groups in total. The third-order valence-corrected chi connectivity index (χ3v) is 8.65. The summed E-state index contributed by atoms with van der Waals surface area (Å²) in [6.45, 7) is 6.13. The molecule has 2 aliphatic rings. The standard InChI is InChI=1S/C25H32F3N5O3S/c1-17-15-20(16-18(2)30-17)31-24(34)29-11-14-32-12-9-22(10-13-32)33(21-5-6-21)37(35,36)23-7-3-19(4-8-23)25(26,27)28/h3-4,7-8,15-16,21-22H,5-6,9-14H2,1-2H3,(H2,29,30,31,34). The second-order valence-electron chi connectivity index (χ2n) is 9.68. The first-order valence-electron chi connectivity index (χ1n) is 12.4. The number of aromatic nitrogens is 1. The molecule has 8 nitrogen and oxygen atoms in total. The summed E-state index contributed by atoms with van der Waals surface area (Å²) in [4.78, 5) is 18.6. The molecule has 1 aliphatic carbocycles. The minimum atomic E-state index is -4.52. The molecule has 1 aromatic heterocycles. The topological polar surface area (TPSA) is 94.6 Å². The van der Waals surface area contributed by atoms with Crippen LogP contribution in [0.1, 0.15) is 42.6 Å². The van der Waals surface area contributed by atoms with Gasteiger partial charge in [0.1, 0.15) is 0 Å². The zero-order valence-corrected chi connectivity index (χ0v) is 21.7. The van der Waals surface area contributed by atoms with Gasteiger partial charge in [0, 0.05) is 42.2 Å². The van der Waals surface area contributed by atoms with Gasteiger partial charge in [0.05, 0.1) is 10.5 Å². The van der Waals surface area contributed by atoms with Crippen LogP contribution in [0.5, 0.6) is 0 Å². The number of piperidine rings is 1.